The lowest BCUT2D eigenvalue weighted by Crippen LogP contribution is -2.39. The Kier molecular flexibility index (Phi) is 5.42. The highest BCUT2D eigenvalue weighted by atomic mass is 32.1. The first-order chi connectivity index (χ1) is 15.2. The molecule has 1 amide bonds. The van der Waals surface area contributed by atoms with Crippen LogP contribution in [-0.2, 0) is 0 Å². The molecule has 1 fully saturated rings. The van der Waals surface area contributed by atoms with Crippen molar-refractivity contribution in [2.24, 2.45) is 0 Å². The lowest BCUT2D eigenvalue weighted by molar-refractivity contribution is 0.0696. The Bertz CT molecular complexity index is 1200. The van der Waals surface area contributed by atoms with Crippen molar-refractivity contribution < 1.29 is 13.9 Å². The highest BCUT2D eigenvalue weighted by Gasteiger charge is 2.31. The summed E-state index contributed by atoms with van der Waals surface area (Å²) in [6, 6.07) is 15.8. The maximum atomic E-state index is 13.7. The van der Waals surface area contributed by atoms with Crippen LogP contribution in [0.2, 0.25) is 0 Å². The first kappa shape index (κ1) is 19.8. The molecule has 1 aliphatic rings. The number of ether oxygens (including phenoxy) is 1. The second-order valence-electron chi connectivity index (χ2n) is 7.61. The van der Waals surface area contributed by atoms with Gasteiger partial charge in [-0.05, 0) is 48.1 Å². The lowest BCUT2D eigenvalue weighted by Gasteiger charge is -2.32. The van der Waals surface area contributed by atoms with Crippen LogP contribution < -0.4 is 4.74 Å². The van der Waals surface area contributed by atoms with E-state index in [4.69, 9.17) is 9.15 Å². The van der Waals surface area contributed by atoms with Crippen molar-refractivity contribution in [2.75, 3.05) is 19.7 Å². The molecule has 0 saturated carbocycles. The molecule has 0 N–H and O–H groups in total. The van der Waals surface area contributed by atoms with Gasteiger partial charge in [0, 0.05) is 13.1 Å². The van der Waals surface area contributed by atoms with Crippen molar-refractivity contribution in [3.63, 3.8) is 0 Å². The fourth-order valence-electron chi connectivity index (χ4n) is 4.17. The van der Waals surface area contributed by atoms with Gasteiger partial charge in [-0.1, -0.05) is 36.4 Å². The number of benzene rings is 2. The molecule has 5 rings (SSSR count). The van der Waals surface area contributed by atoms with E-state index in [1.807, 2.05) is 65.7 Å². The van der Waals surface area contributed by atoms with Gasteiger partial charge >= 0.3 is 0 Å². The first-order valence-corrected chi connectivity index (χ1v) is 11.4. The second kappa shape index (κ2) is 8.51. The van der Waals surface area contributed by atoms with Crippen molar-refractivity contribution in [3.8, 4) is 16.5 Å². The van der Waals surface area contributed by atoms with Crippen LogP contribution in [0.25, 0.3) is 21.5 Å². The predicted octanol–water partition coefficient (Wildman–Crippen LogP) is 5.37. The van der Waals surface area contributed by atoms with Crippen LogP contribution in [0, 0.1) is 0 Å². The average Bonchev–Trinajstić information content (AvgIpc) is 3.51. The van der Waals surface area contributed by atoms with E-state index in [1.54, 1.807) is 11.3 Å². The highest BCUT2D eigenvalue weighted by molar-refractivity contribution is 7.13. The third-order valence-corrected chi connectivity index (χ3v) is 6.49. The third kappa shape index (κ3) is 3.81. The van der Waals surface area contributed by atoms with Crippen molar-refractivity contribution in [1.82, 2.24) is 15.1 Å². The van der Waals surface area contributed by atoms with Gasteiger partial charge in [-0.3, -0.25) is 4.79 Å². The molecule has 158 valence electrons. The zero-order valence-electron chi connectivity index (χ0n) is 17.3. The number of hydrogen-bond acceptors (Lipinski definition) is 6. The normalized spacial score (nSPS) is 16.5. The first-order valence-electron chi connectivity index (χ1n) is 10.6. The zero-order valence-corrected chi connectivity index (χ0v) is 18.1. The smallest absolute Gasteiger partial charge is 0.258 e. The Morgan fingerprint density at radius 2 is 2.10 bits per heavy atom. The van der Waals surface area contributed by atoms with Crippen LogP contribution in [0.5, 0.6) is 5.75 Å². The summed E-state index contributed by atoms with van der Waals surface area (Å²) in [4.78, 5) is 16.5. The Morgan fingerprint density at radius 3 is 2.94 bits per heavy atom. The zero-order chi connectivity index (χ0) is 21.2. The van der Waals surface area contributed by atoms with Gasteiger partial charge in [0.2, 0.25) is 5.89 Å². The number of rotatable bonds is 5. The number of amides is 1. The standard InChI is InChI=1S/C24H23N3O3S/c1-2-29-19-12-11-16-7-3-4-9-18(16)21(19)24(28)27-13-5-8-17(15-27)22-25-26-23(30-22)20-10-6-14-31-20/h3-4,6-7,9-12,14,17H,2,5,8,13,15H2,1H3. The number of fused-ring (bicyclic) bond motifs is 1. The molecule has 1 aliphatic heterocycles. The maximum Gasteiger partial charge on any atom is 0.258 e. The fourth-order valence-corrected chi connectivity index (χ4v) is 4.81. The van der Waals surface area contributed by atoms with Gasteiger partial charge < -0.3 is 14.1 Å². The molecule has 0 bridgehead atoms. The number of carbonyl (C=O) groups is 1. The Hall–Kier alpha value is -3.19. The summed E-state index contributed by atoms with van der Waals surface area (Å²) in [6.45, 7) is 3.70. The fraction of sp³-hybridized carbons (Fsp3) is 0.292. The topological polar surface area (TPSA) is 68.5 Å². The van der Waals surface area contributed by atoms with Crippen molar-refractivity contribution in [3.05, 3.63) is 65.4 Å². The summed E-state index contributed by atoms with van der Waals surface area (Å²) in [6.07, 6.45) is 1.81. The molecular formula is C24H23N3O3S. The van der Waals surface area contributed by atoms with Gasteiger partial charge in [-0.25, -0.2) is 0 Å². The van der Waals surface area contributed by atoms with Gasteiger partial charge in [-0.2, -0.15) is 0 Å². The maximum absolute atomic E-state index is 13.7. The molecule has 6 nitrogen and oxygen atoms in total. The van der Waals surface area contributed by atoms with E-state index in [9.17, 15) is 4.79 Å². The molecule has 31 heavy (non-hydrogen) atoms. The molecule has 1 unspecified atom stereocenters. The molecule has 3 heterocycles. The molecule has 7 heteroatoms. The molecule has 0 radical (unpaired) electrons. The van der Waals surface area contributed by atoms with Crippen LogP contribution in [0.4, 0.5) is 0 Å². The second-order valence-corrected chi connectivity index (χ2v) is 8.55. The number of nitrogens with zero attached hydrogens (tertiary/aromatic N) is 3. The molecular weight excluding hydrogens is 410 g/mol. The lowest BCUT2D eigenvalue weighted by atomic mass is 9.96. The summed E-state index contributed by atoms with van der Waals surface area (Å²) in [5.41, 5.74) is 0.630. The van der Waals surface area contributed by atoms with E-state index in [1.165, 1.54) is 0 Å². The predicted molar refractivity (Wildman–Crippen MR) is 121 cm³/mol. The highest BCUT2D eigenvalue weighted by Crippen LogP contribution is 2.33. The molecule has 1 atom stereocenters. The number of carbonyl (C=O) groups excluding carboxylic acids is 1. The average molecular weight is 434 g/mol. The minimum absolute atomic E-state index is 0.0112. The SMILES string of the molecule is CCOc1ccc2ccccc2c1C(=O)N1CCCC(c2nnc(-c3cccs3)o2)C1. The monoisotopic (exact) mass is 433 g/mol. The van der Waals surface area contributed by atoms with E-state index in [2.05, 4.69) is 10.2 Å². The number of thiophene rings is 1. The molecule has 2 aromatic carbocycles. The summed E-state index contributed by atoms with van der Waals surface area (Å²) in [5, 5.41) is 12.4. The summed E-state index contributed by atoms with van der Waals surface area (Å²) in [7, 11) is 0. The number of hydrogen-bond donors (Lipinski definition) is 0. The molecule has 0 aliphatic carbocycles. The summed E-state index contributed by atoms with van der Waals surface area (Å²) >= 11 is 1.57. The summed E-state index contributed by atoms with van der Waals surface area (Å²) < 4.78 is 11.8. The Balaban J connectivity index is 1.43. The molecule has 1 saturated heterocycles. The number of likely N-dealkylation sites (tertiary alicyclic amines) is 1. The van der Waals surface area contributed by atoms with E-state index < -0.39 is 0 Å². The van der Waals surface area contributed by atoms with Crippen LogP contribution in [0.3, 0.4) is 0 Å². The van der Waals surface area contributed by atoms with Gasteiger partial charge in [0.1, 0.15) is 5.75 Å². The van der Waals surface area contributed by atoms with Crippen LogP contribution >= 0.6 is 11.3 Å². The van der Waals surface area contributed by atoms with Crippen molar-refractivity contribution in [2.45, 2.75) is 25.7 Å². The van der Waals surface area contributed by atoms with Crippen molar-refractivity contribution in [1.29, 1.82) is 0 Å². The van der Waals surface area contributed by atoms with Crippen molar-refractivity contribution >= 4 is 28.0 Å². The third-order valence-electron chi connectivity index (χ3n) is 5.63. The minimum atomic E-state index is -0.0112. The van der Waals surface area contributed by atoms with E-state index in [0.717, 1.165) is 28.5 Å². The van der Waals surface area contributed by atoms with E-state index >= 15 is 0 Å². The molecule has 0 spiro atoms. The van der Waals surface area contributed by atoms with Gasteiger partial charge in [0.05, 0.1) is 23.0 Å². The number of piperidine rings is 1. The number of aromatic nitrogens is 2. The summed E-state index contributed by atoms with van der Waals surface area (Å²) in [5.74, 6) is 1.79. The van der Waals surface area contributed by atoms with E-state index in [0.29, 0.717) is 42.8 Å². The quantitative estimate of drug-likeness (QED) is 0.423. The Labute approximate surface area is 184 Å². The van der Waals surface area contributed by atoms with Gasteiger partial charge in [-0.15, -0.1) is 21.5 Å². The van der Waals surface area contributed by atoms with Crippen LogP contribution in [-0.4, -0.2) is 40.7 Å². The Morgan fingerprint density at radius 1 is 1.19 bits per heavy atom. The minimum Gasteiger partial charge on any atom is -0.493 e. The molecule has 4 aromatic rings. The van der Waals surface area contributed by atoms with E-state index in [-0.39, 0.29) is 11.8 Å². The largest absolute Gasteiger partial charge is 0.493 e. The van der Waals surface area contributed by atoms with Crippen LogP contribution in [0.15, 0.2) is 58.3 Å². The molecule has 2 aromatic heterocycles. The van der Waals surface area contributed by atoms with Crippen LogP contribution in [0.1, 0.15) is 41.9 Å². The van der Waals surface area contributed by atoms with Gasteiger partial charge in [0.25, 0.3) is 11.8 Å². The van der Waals surface area contributed by atoms with Gasteiger partial charge in [0.15, 0.2) is 0 Å².